The van der Waals surface area contributed by atoms with E-state index in [1.54, 1.807) is 7.11 Å². The van der Waals surface area contributed by atoms with Crippen molar-refractivity contribution in [3.63, 3.8) is 0 Å². The lowest BCUT2D eigenvalue weighted by atomic mass is 9.97. The highest BCUT2D eigenvalue weighted by molar-refractivity contribution is 5.85. The smallest absolute Gasteiger partial charge is 0.161 e. The van der Waals surface area contributed by atoms with Crippen LogP contribution >= 0.6 is 24.8 Å². The Morgan fingerprint density at radius 1 is 0.967 bits per heavy atom. The SMILES string of the molecule is CCCCC[C@H](c1ccc(OCc2ccccc2)c(OC)c1)N1CCNCC1.Cl.Cl. The molecule has 1 N–H and O–H groups in total. The second kappa shape index (κ2) is 14.5. The largest absolute Gasteiger partial charge is 0.493 e. The Kier molecular flexibility index (Phi) is 12.9. The van der Waals surface area contributed by atoms with Crippen LogP contribution in [0, 0.1) is 0 Å². The van der Waals surface area contributed by atoms with E-state index >= 15 is 0 Å². The average molecular weight is 455 g/mol. The molecule has 168 valence electrons. The normalized spacial score (nSPS) is 14.9. The summed E-state index contributed by atoms with van der Waals surface area (Å²) < 4.78 is 11.7. The third kappa shape index (κ3) is 7.66. The van der Waals surface area contributed by atoms with E-state index in [0.29, 0.717) is 12.6 Å². The average Bonchev–Trinajstić information content (AvgIpc) is 2.76. The van der Waals surface area contributed by atoms with Crippen LogP contribution in [0.2, 0.25) is 0 Å². The van der Waals surface area contributed by atoms with Gasteiger partial charge in [-0.2, -0.15) is 0 Å². The molecule has 30 heavy (non-hydrogen) atoms. The van der Waals surface area contributed by atoms with Crippen LogP contribution in [0.3, 0.4) is 0 Å². The number of hydrogen-bond donors (Lipinski definition) is 1. The Morgan fingerprint density at radius 3 is 2.37 bits per heavy atom. The first-order valence-electron chi connectivity index (χ1n) is 10.6. The van der Waals surface area contributed by atoms with E-state index < -0.39 is 0 Å². The molecule has 6 heteroatoms. The van der Waals surface area contributed by atoms with Gasteiger partial charge in [0.15, 0.2) is 11.5 Å². The Hall–Kier alpha value is -1.46. The van der Waals surface area contributed by atoms with Gasteiger partial charge >= 0.3 is 0 Å². The molecule has 4 nitrogen and oxygen atoms in total. The van der Waals surface area contributed by atoms with Crippen molar-refractivity contribution in [2.75, 3.05) is 33.3 Å². The van der Waals surface area contributed by atoms with Gasteiger partial charge in [0, 0.05) is 32.2 Å². The summed E-state index contributed by atoms with van der Waals surface area (Å²) in [5, 5.41) is 3.47. The first kappa shape index (κ1) is 26.6. The summed E-state index contributed by atoms with van der Waals surface area (Å²) in [6, 6.07) is 17.2. The number of methoxy groups -OCH3 is 1. The number of nitrogens with zero attached hydrogens (tertiary/aromatic N) is 1. The second-order valence-electron chi connectivity index (χ2n) is 7.48. The molecule has 2 aromatic rings. The number of hydrogen-bond acceptors (Lipinski definition) is 4. The van der Waals surface area contributed by atoms with Gasteiger partial charge < -0.3 is 14.8 Å². The minimum Gasteiger partial charge on any atom is -0.493 e. The highest BCUT2D eigenvalue weighted by Crippen LogP contribution is 2.35. The lowest BCUT2D eigenvalue weighted by Crippen LogP contribution is -2.45. The first-order chi connectivity index (χ1) is 13.8. The molecule has 0 radical (unpaired) electrons. The van der Waals surface area contributed by atoms with Crippen LogP contribution < -0.4 is 14.8 Å². The summed E-state index contributed by atoms with van der Waals surface area (Å²) in [5.41, 5.74) is 2.49. The van der Waals surface area contributed by atoms with E-state index in [4.69, 9.17) is 9.47 Å². The summed E-state index contributed by atoms with van der Waals surface area (Å²) in [6.45, 7) is 7.16. The summed E-state index contributed by atoms with van der Waals surface area (Å²) in [4.78, 5) is 2.62. The van der Waals surface area contributed by atoms with Crippen LogP contribution in [0.25, 0.3) is 0 Å². The van der Waals surface area contributed by atoms with Crippen molar-refractivity contribution in [1.82, 2.24) is 10.2 Å². The van der Waals surface area contributed by atoms with E-state index in [-0.39, 0.29) is 24.8 Å². The number of piperazine rings is 1. The summed E-state index contributed by atoms with van der Waals surface area (Å²) >= 11 is 0. The van der Waals surface area contributed by atoms with Crippen molar-refractivity contribution in [2.45, 2.75) is 45.3 Å². The monoisotopic (exact) mass is 454 g/mol. The summed E-state index contributed by atoms with van der Waals surface area (Å²) in [5.74, 6) is 1.63. The van der Waals surface area contributed by atoms with Gasteiger partial charge in [0.2, 0.25) is 0 Å². The number of benzene rings is 2. The highest BCUT2D eigenvalue weighted by atomic mass is 35.5. The molecular weight excluding hydrogens is 419 g/mol. The van der Waals surface area contributed by atoms with Crippen molar-refractivity contribution >= 4 is 24.8 Å². The fourth-order valence-electron chi connectivity index (χ4n) is 3.89. The highest BCUT2D eigenvalue weighted by Gasteiger charge is 2.23. The zero-order valence-electron chi connectivity index (χ0n) is 18.1. The zero-order valence-corrected chi connectivity index (χ0v) is 19.8. The molecule has 0 unspecified atom stereocenters. The van der Waals surface area contributed by atoms with Gasteiger partial charge in [-0.15, -0.1) is 24.8 Å². The van der Waals surface area contributed by atoms with E-state index in [2.05, 4.69) is 47.5 Å². The van der Waals surface area contributed by atoms with E-state index in [9.17, 15) is 0 Å². The molecule has 1 fully saturated rings. The molecule has 3 rings (SSSR count). The van der Waals surface area contributed by atoms with Crippen molar-refractivity contribution in [3.8, 4) is 11.5 Å². The lowest BCUT2D eigenvalue weighted by molar-refractivity contribution is 0.162. The number of nitrogens with one attached hydrogen (secondary N) is 1. The van der Waals surface area contributed by atoms with Crippen molar-refractivity contribution in [1.29, 1.82) is 0 Å². The molecule has 0 spiro atoms. The van der Waals surface area contributed by atoms with Crippen molar-refractivity contribution in [3.05, 3.63) is 59.7 Å². The fourth-order valence-corrected chi connectivity index (χ4v) is 3.89. The lowest BCUT2D eigenvalue weighted by Gasteiger charge is -2.35. The quantitative estimate of drug-likeness (QED) is 0.470. The predicted octanol–water partition coefficient (Wildman–Crippen LogP) is 5.64. The maximum atomic E-state index is 6.04. The molecule has 1 atom stereocenters. The van der Waals surface area contributed by atoms with Gasteiger partial charge in [-0.1, -0.05) is 62.6 Å². The molecule has 1 aliphatic heterocycles. The maximum absolute atomic E-state index is 6.04. The predicted molar refractivity (Wildman–Crippen MR) is 130 cm³/mol. The minimum absolute atomic E-state index is 0. The molecule has 2 aromatic carbocycles. The molecule has 0 aromatic heterocycles. The Balaban J connectivity index is 0.00000225. The Labute approximate surface area is 194 Å². The van der Waals surface area contributed by atoms with Crippen LogP contribution in [-0.2, 0) is 6.61 Å². The van der Waals surface area contributed by atoms with Crippen LogP contribution in [-0.4, -0.2) is 38.2 Å². The molecule has 0 saturated carbocycles. The van der Waals surface area contributed by atoms with Gasteiger partial charge in [0.1, 0.15) is 6.61 Å². The van der Waals surface area contributed by atoms with Crippen LogP contribution in [0.15, 0.2) is 48.5 Å². The Morgan fingerprint density at radius 2 is 1.70 bits per heavy atom. The third-order valence-corrected chi connectivity index (χ3v) is 5.48. The van der Waals surface area contributed by atoms with Gasteiger partial charge in [0.05, 0.1) is 7.11 Å². The van der Waals surface area contributed by atoms with Crippen LogP contribution in [0.1, 0.15) is 49.8 Å². The second-order valence-corrected chi connectivity index (χ2v) is 7.48. The molecule has 1 saturated heterocycles. The fraction of sp³-hybridized carbons (Fsp3) is 0.500. The zero-order chi connectivity index (χ0) is 19.6. The Bertz CT molecular complexity index is 710. The number of halogens is 2. The maximum Gasteiger partial charge on any atom is 0.161 e. The third-order valence-electron chi connectivity index (χ3n) is 5.48. The van der Waals surface area contributed by atoms with Gasteiger partial charge in [-0.25, -0.2) is 0 Å². The number of rotatable bonds is 10. The summed E-state index contributed by atoms with van der Waals surface area (Å²) in [7, 11) is 1.73. The van der Waals surface area contributed by atoms with Crippen LogP contribution in [0.4, 0.5) is 0 Å². The molecule has 0 amide bonds. The molecular formula is C24H36Cl2N2O2. The first-order valence-corrected chi connectivity index (χ1v) is 10.6. The van der Waals surface area contributed by atoms with E-state index in [0.717, 1.165) is 43.2 Å². The van der Waals surface area contributed by atoms with E-state index in [1.807, 2.05) is 18.2 Å². The van der Waals surface area contributed by atoms with Crippen LogP contribution in [0.5, 0.6) is 11.5 Å². The summed E-state index contributed by atoms with van der Waals surface area (Å²) in [6.07, 6.45) is 5.00. The van der Waals surface area contributed by atoms with Gasteiger partial charge in [0.25, 0.3) is 0 Å². The molecule has 0 aliphatic carbocycles. The number of ether oxygens (including phenoxy) is 2. The van der Waals surface area contributed by atoms with E-state index in [1.165, 1.54) is 31.2 Å². The van der Waals surface area contributed by atoms with Gasteiger partial charge in [-0.3, -0.25) is 4.90 Å². The minimum atomic E-state index is 0. The van der Waals surface area contributed by atoms with Crippen molar-refractivity contribution < 1.29 is 9.47 Å². The topological polar surface area (TPSA) is 33.7 Å². The molecule has 1 aliphatic rings. The van der Waals surface area contributed by atoms with Crippen molar-refractivity contribution in [2.24, 2.45) is 0 Å². The standard InChI is InChI=1S/C24H34N2O2.2ClH/c1-3-4-6-11-22(26-16-14-25-15-17-26)21-12-13-23(24(18-21)27-2)28-19-20-9-7-5-8-10-20;;/h5,7-10,12-13,18,22,25H,3-4,6,11,14-17,19H2,1-2H3;2*1H/t22-;;/m1../s1. The number of unbranched alkanes of at least 4 members (excludes halogenated alkanes) is 2. The van der Waals surface area contributed by atoms with Gasteiger partial charge in [-0.05, 0) is 29.7 Å². The molecule has 1 heterocycles. The molecule has 0 bridgehead atoms.